The predicted molar refractivity (Wildman–Crippen MR) is 43.1 cm³/mol. The van der Waals surface area contributed by atoms with Crippen LogP contribution in [0.3, 0.4) is 0 Å². The lowest BCUT2D eigenvalue weighted by atomic mass is 10.2. The van der Waals surface area contributed by atoms with E-state index >= 15 is 0 Å². The molecule has 0 spiro atoms. The summed E-state index contributed by atoms with van der Waals surface area (Å²) in [5.74, 6) is -1.97. The third-order valence-electron chi connectivity index (χ3n) is 1.55. The molecule has 0 saturated heterocycles. The number of hydrogen-bond donors (Lipinski definition) is 0. The summed E-state index contributed by atoms with van der Waals surface area (Å²) in [6, 6.07) is 0.982. The Kier molecular flexibility index (Phi) is 2.85. The van der Waals surface area contributed by atoms with E-state index in [1.165, 1.54) is 0 Å². The molecule has 15 heavy (non-hydrogen) atoms. The minimum atomic E-state index is -4.99. The molecule has 0 atom stereocenters. The van der Waals surface area contributed by atoms with Crippen LogP contribution in [0.15, 0.2) is 12.1 Å². The molecular formula is C7H2ClF4NO2. The van der Waals surface area contributed by atoms with Crippen LogP contribution in [0.25, 0.3) is 0 Å². The summed E-state index contributed by atoms with van der Waals surface area (Å²) < 4.78 is 49.4. The van der Waals surface area contributed by atoms with E-state index in [2.05, 4.69) is 0 Å². The highest BCUT2D eigenvalue weighted by Crippen LogP contribution is 2.37. The topological polar surface area (TPSA) is 43.1 Å². The second-order valence-corrected chi connectivity index (χ2v) is 2.92. The van der Waals surface area contributed by atoms with Crippen molar-refractivity contribution in [3.05, 3.63) is 38.7 Å². The molecule has 0 bridgehead atoms. The number of nitro benzene ring substituents is 1. The molecule has 0 aliphatic rings. The standard InChI is InChI=1S/C7H2ClF4NO2/c8-4-2-1-3(7(10,11)12)5(9)6(4)13(14)15/h1-2H. The van der Waals surface area contributed by atoms with Crippen molar-refractivity contribution in [2.75, 3.05) is 0 Å². The average molecular weight is 244 g/mol. The van der Waals surface area contributed by atoms with Gasteiger partial charge in [0, 0.05) is 0 Å². The molecule has 0 aliphatic carbocycles. The molecule has 0 saturated carbocycles. The highest BCUT2D eigenvalue weighted by molar-refractivity contribution is 6.32. The Labute approximate surface area is 85.4 Å². The molecule has 8 heteroatoms. The van der Waals surface area contributed by atoms with E-state index in [1.54, 1.807) is 0 Å². The van der Waals surface area contributed by atoms with Gasteiger partial charge in [0.1, 0.15) is 5.02 Å². The molecule has 1 rings (SSSR count). The molecule has 0 aliphatic heterocycles. The van der Waals surface area contributed by atoms with Crippen molar-refractivity contribution >= 4 is 17.3 Å². The van der Waals surface area contributed by atoms with Gasteiger partial charge in [0.15, 0.2) is 0 Å². The van der Waals surface area contributed by atoms with Gasteiger partial charge in [-0.2, -0.15) is 17.6 Å². The fourth-order valence-electron chi connectivity index (χ4n) is 0.927. The lowest BCUT2D eigenvalue weighted by Crippen LogP contribution is -2.10. The van der Waals surface area contributed by atoms with Crippen LogP contribution < -0.4 is 0 Å². The van der Waals surface area contributed by atoms with Crippen molar-refractivity contribution in [3.63, 3.8) is 0 Å². The third kappa shape index (κ3) is 2.17. The van der Waals surface area contributed by atoms with Gasteiger partial charge >= 0.3 is 11.9 Å². The van der Waals surface area contributed by atoms with Gasteiger partial charge in [0.2, 0.25) is 5.82 Å². The Morgan fingerprint density at radius 2 is 1.87 bits per heavy atom. The molecule has 3 nitrogen and oxygen atoms in total. The van der Waals surface area contributed by atoms with Gasteiger partial charge in [-0.25, -0.2) is 0 Å². The number of alkyl halides is 3. The van der Waals surface area contributed by atoms with Crippen LogP contribution in [0.5, 0.6) is 0 Å². The van der Waals surface area contributed by atoms with Crippen molar-refractivity contribution in [3.8, 4) is 0 Å². The second kappa shape index (κ2) is 3.65. The highest BCUT2D eigenvalue weighted by Gasteiger charge is 2.38. The summed E-state index contributed by atoms with van der Waals surface area (Å²) in [6.45, 7) is 0. The first-order valence-electron chi connectivity index (χ1n) is 3.44. The Balaban J connectivity index is 3.49. The average Bonchev–Trinajstić information content (AvgIpc) is 2.00. The van der Waals surface area contributed by atoms with E-state index in [1.807, 2.05) is 0 Å². The van der Waals surface area contributed by atoms with Crippen molar-refractivity contribution in [1.29, 1.82) is 0 Å². The Hall–Kier alpha value is -1.37. The van der Waals surface area contributed by atoms with Gasteiger partial charge in [0.05, 0.1) is 10.5 Å². The number of nitrogens with zero attached hydrogens (tertiary/aromatic N) is 1. The Morgan fingerprint density at radius 3 is 2.27 bits per heavy atom. The Morgan fingerprint density at radius 1 is 1.33 bits per heavy atom. The molecule has 0 amide bonds. The maximum Gasteiger partial charge on any atom is 0.419 e. The SMILES string of the molecule is O=[N+]([O-])c1c(Cl)ccc(C(F)(F)F)c1F. The quantitative estimate of drug-likeness (QED) is 0.431. The normalized spacial score (nSPS) is 11.5. The molecular weight excluding hydrogens is 242 g/mol. The molecule has 0 fully saturated rings. The fraction of sp³-hybridized carbons (Fsp3) is 0.143. The maximum absolute atomic E-state index is 13.0. The van der Waals surface area contributed by atoms with Crippen LogP contribution in [-0.2, 0) is 6.18 Å². The van der Waals surface area contributed by atoms with Gasteiger partial charge in [0.25, 0.3) is 0 Å². The minimum absolute atomic E-state index is 0.352. The zero-order chi connectivity index (χ0) is 11.8. The molecule has 0 aromatic heterocycles. The maximum atomic E-state index is 13.0. The van der Waals surface area contributed by atoms with E-state index in [0.717, 1.165) is 0 Å². The minimum Gasteiger partial charge on any atom is -0.258 e. The molecule has 0 N–H and O–H groups in total. The lowest BCUT2D eigenvalue weighted by Gasteiger charge is -2.07. The molecule has 0 heterocycles. The van der Waals surface area contributed by atoms with Crippen molar-refractivity contribution in [2.24, 2.45) is 0 Å². The number of benzene rings is 1. The smallest absolute Gasteiger partial charge is 0.258 e. The zero-order valence-electron chi connectivity index (χ0n) is 6.81. The van der Waals surface area contributed by atoms with E-state index < -0.39 is 33.2 Å². The molecule has 82 valence electrons. The van der Waals surface area contributed by atoms with Gasteiger partial charge in [-0.05, 0) is 12.1 Å². The Bertz CT molecular complexity index is 418. The predicted octanol–water partition coefficient (Wildman–Crippen LogP) is 3.41. The summed E-state index contributed by atoms with van der Waals surface area (Å²) in [5, 5.41) is 9.56. The van der Waals surface area contributed by atoms with Crippen LogP contribution in [0, 0.1) is 15.9 Å². The van der Waals surface area contributed by atoms with Crippen LogP contribution in [-0.4, -0.2) is 4.92 Å². The second-order valence-electron chi connectivity index (χ2n) is 2.51. The third-order valence-corrected chi connectivity index (χ3v) is 1.86. The monoisotopic (exact) mass is 243 g/mol. The first-order valence-corrected chi connectivity index (χ1v) is 3.82. The summed E-state index contributed by atoms with van der Waals surface area (Å²) >= 11 is 5.20. The first kappa shape index (κ1) is 11.7. The number of hydrogen-bond acceptors (Lipinski definition) is 2. The molecule has 0 radical (unpaired) electrons. The molecule has 1 aromatic carbocycles. The largest absolute Gasteiger partial charge is 0.419 e. The zero-order valence-corrected chi connectivity index (χ0v) is 7.56. The van der Waals surface area contributed by atoms with E-state index in [0.29, 0.717) is 12.1 Å². The van der Waals surface area contributed by atoms with Gasteiger partial charge in [-0.1, -0.05) is 11.6 Å². The molecule has 0 unspecified atom stereocenters. The van der Waals surface area contributed by atoms with E-state index in [4.69, 9.17) is 11.6 Å². The molecule has 1 aromatic rings. The lowest BCUT2D eigenvalue weighted by molar-refractivity contribution is -0.387. The summed E-state index contributed by atoms with van der Waals surface area (Å²) in [7, 11) is 0. The van der Waals surface area contributed by atoms with E-state index in [-0.39, 0.29) is 0 Å². The van der Waals surface area contributed by atoms with Crippen molar-refractivity contribution in [1.82, 2.24) is 0 Å². The highest BCUT2D eigenvalue weighted by atomic mass is 35.5. The van der Waals surface area contributed by atoms with Crippen molar-refractivity contribution < 1.29 is 22.5 Å². The van der Waals surface area contributed by atoms with Crippen molar-refractivity contribution in [2.45, 2.75) is 6.18 Å². The van der Waals surface area contributed by atoms with Crippen LogP contribution in [0.1, 0.15) is 5.56 Å². The van der Waals surface area contributed by atoms with Crippen LogP contribution in [0.4, 0.5) is 23.2 Å². The summed E-state index contributed by atoms with van der Waals surface area (Å²) in [5.41, 5.74) is -3.08. The summed E-state index contributed by atoms with van der Waals surface area (Å²) in [6.07, 6.45) is -4.99. The first-order chi connectivity index (χ1) is 6.75. The van der Waals surface area contributed by atoms with Gasteiger partial charge < -0.3 is 0 Å². The van der Waals surface area contributed by atoms with Gasteiger partial charge in [-0.3, -0.25) is 10.1 Å². The van der Waals surface area contributed by atoms with Crippen LogP contribution in [0.2, 0.25) is 5.02 Å². The number of halogens is 5. The van der Waals surface area contributed by atoms with E-state index in [9.17, 15) is 27.7 Å². The fourth-order valence-corrected chi connectivity index (χ4v) is 1.14. The van der Waals surface area contributed by atoms with Crippen LogP contribution >= 0.6 is 11.6 Å². The number of nitro groups is 1. The number of rotatable bonds is 1. The van der Waals surface area contributed by atoms with Gasteiger partial charge in [-0.15, -0.1) is 0 Å². The summed E-state index contributed by atoms with van der Waals surface area (Å²) in [4.78, 5) is 8.94.